The van der Waals surface area contributed by atoms with E-state index < -0.39 is 0 Å². The molecule has 0 saturated heterocycles. The first-order valence-corrected chi connectivity index (χ1v) is 10.3. The molecule has 0 N–H and O–H groups in total. The van der Waals surface area contributed by atoms with E-state index in [9.17, 15) is 0 Å². The van der Waals surface area contributed by atoms with Crippen molar-refractivity contribution in [2.75, 3.05) is 0 Å². The van der Waals surface area contributed by atoms with E-state index in [0.717, 1.165) is 18.7 Å². The van der Waals surface area contributed by atoms with Crippen LogP contribution in [0.3, 0.4) is 0 Å². The maximum atomic E-state index is 4.31. The first kappa shape index (κ1) is 19.7. The number of hydrogen-bond acceptors (Lipinski definition) is 2. The van der Waals surface area contributed by atoms with Gasteiger partial charge in [0.25, 0.3) is 0 Å². The second-order valence-electron chi connectivity index (χ2n) is 7.18. The van der Waals surface area contributed by atoms with E-state index in [4.69, 9.17) is 0 Å². The molecule has 2 aromatic rings. The summed E-state index contributed by atoms with van der Waals surface area (Å²) in [7, 11) is 0. The SMILES string of the molecule is CCCCCCCCCCCCCc1cn(Cc2ccccc2)nn1. The average Bonchev–Trinajstić information content (AvgIpc) is 3.08. The molecule has 1 aromatic heterocycles. The number of nitrogens with zero attached hydrogens (tertiary/aromatic N) is 3. The molecule has 1 heterocycles. The predicted molar refractivity (Wildman–Crippen MR) is 106 cm³/mol. The van der Waals surface area contributed by atoms with Crippen molar-refractivity contribution in [3.8, 4) is 0 Å². The molecule has 0 fully saturated rings. The van der Waals surface area contributed by atoms with Crippen LogP contribution in [0.2, 0.25) is 0 Å². The molecule has 0 radical (unpaired) electrons. The number of rotatable bonds is 14. The highest BCUT2D eigenvalue weighted by Crippen LogP contribution is 2.12. The Morgan fingerprint density at radius 1 is 0.760 bits per heavy atom. The van der Waals surface area contributed by atoms with Gasteiger partial charge < -0.3 is 0 Å². The lowest BCUT2D eigenvalue weighted by molar-refractivity contribution is 0.548. The molecule has 0 saturated carbocycles. The van der Waals surface area contributed by atoms with Crippen LogP contribution in [0, 0.1) is 0 Å². The minimum absolute atomic E-state index is 0.812. The third-order valence-corrected chi connectivity index (χ3v) is 4.81. The Hall–Kier alpha value is -1.64. The fourth-order valence-electron chi connectivity index (χ4n) is 3.27. The number of aryl methyl sites for hydroxylation is 1. The first-order valence-electron chi connectivity index (χ1n) is 10.3. The standard InChI is InChI=1S/C22H35N3/c1-2-3-4-5-6-7-8-9-10-11-15-18-22-20-25(24-23-22)19-21-16-13-12-14-17-21/h12-14,16-17,20H,2-11,15,18-19H2,1H3. The molecule has 0 aliphatic carbocycles. The van der Waals surface area contributed by atoms with Crippen LogP contribution < -0.4 is 0 Å². The van der Waals surface area contributed by atoms with E-state index in [1.807, 2.05) is 10.7 Å². The predicted octanol–water partition coefficient (Wildman–Crippen LogP) is 6.18. The van der Waals surface area contributed by atoms with Gasteiger partial charge >= 0.3 is 0 Å². The summed E-state index contributed by atoms with van der Waals surface area (Å²) in [6.45, 7) is 3.09. The Balaban J connectivity index is 1.47. The second kappa shape index (κ2) is 12.7. The summed E-state index contributed by atoms with van der Waals surface area (Å²) in [4.78, 5) is 0. The summed E-state index contributed by atoms with van der Waals surface area (Å²) in [5, 5.41) is 8.56. The second-order valence-corrected chi connectivity index (χ2v) is 7.18. The molecule has 0 amide bonds. The molecule has 3 nitrogen and oxygen atoms in total. The van der Waals surface area contributed by atoms with Crippen LogP contribution in [-0.2, 0) is 13.0 Å². The lowest BCUT2D eigenvalue weighted by Crippen LogP contribution is -1.99. The van der Waals surface area contributed by atoms with Gasteiger partial charge in [0.1, 0.15) is 0 Å². The lowest BCUT2D eigenvalue weighted by atomic mass is 10.0. The highest BCUT2D eigenvalue weighted by atomic mass is 15.4. The third-order valence-electron chi connectivity index (χ3n) is 4.81. The van der Waals surface area contributed by atoms with E-state index in [2.05, 4.69) is 47.7 Å². The molecule has 0 atom stereocenters. The van der Waals surface area contributed by atoms with Crippen LogP contribution in [-0.4, -0.2) is 15.0 Å². The van der Waals surface area contributed by atoms with Gasteiger partial charge in [-0.05, 0) is 18.4 Å². The van der Waals surface area contributed by atoms with Crippen LogP contribution in [0.15, 0.2) is 36.5 Å². The minimum Gasteiger partial charge on any atom is -0.248 e. The summed E-state index contributed by atoms with van der Waals surface area (Å²) < 4.78 is 1.95. The quantitative estimate of drug-likeness (QED) is 0.384. The van der Waals surface area contributed by atoms with Crippen LogP contribution >= 0.6 is 0 Å². The van der Waals surface area contributed by atoms with Crippen LogP contribution in [0.25, 0.3) is 0 Å². The van der Waals surface area contributed by atoms with Gasteiger partial charge in [-0.3, -0.25) is 0 Å². The van der Waals surface area contributed by atoms with Crippen molar-refractivity contribution >= 4 is 0 Å². The summed E-state index contributed by atoms with van der Waals surface area (Å²) in [6, 6.07) is 10.4. The zero-order valence-electron chi connectivity index (χ0n) is 16.0. The van der Waals surface area contributed by atoms with Gasteiger partial charge in [-0.1, -0.05) is 107 Å². The van der Waals surface area contributed by atoms with Gasteiger partial charge in [0.15, 0.2) is 0 Å². The number of hydrogen-bond donors (Lipinski definition) is 0. The Labute approximate surface area is 153 Å². The first-order chi connectivity index (χ1) is 12.4. The molecule has 1 aromatic carbocycles. The number of benzene rings is 1. The minimum atomic E-state index is 0.812. The highest BCUT2D eigenvalue weighted by molar-refractivity contribution is 5.14. The largest absolute Gasteiger partial charge is 0.248 e. The van der Waals surface area contributed by atoms with Crippen molar-refractivity contribution < 1.29 is 0 Å². The van der Waals surface area contributed by atoms with Gasteiger partial charge in [0.2, 0.25) is 0 Å². The maximum Gasteiger partial charge on any atom is 0.0827 e. The van der Waals surface area contributed by atoms with E-state index >= 15 is 0 Å². The summed E-state index contributed by atoms with van der Waals surface area (Å²) in [6.07, 6.45) is 18.4. The molecule has 0 unspecified atom stereocenters. The Morgan fingerprint density at radius 3 is 2.00 bits per heavy atom. The van der Waals surface area contributed by atoms with Gasteiger partial charge in [-0.15, -0.1) is 5.10 Å². The monoisotopic (exact) mass is 341 g/mol. The fraction of sp³-hybridized carbons (Fsp3) is 0.636. The van der Waals surface area contributed by atoms with E-state index in [1.165, 1.54) is 76.2 Å². The molecule has 0 spiro atoms. The maximum absolute atomic E-state index is 4.31. The molecular weight excluding hydrogens is 306 g/mol. The number of unbranched alkanes of at least 4 members (excludes halogenated alkanes) is 10. The van der Waals surface area contributed by atoms with Gasteiger partial charge in [0, 0.05) is 6.20 Å². The van der Waals surface area contributed by atoms with Gasteiger partial charge in [-0.25, -0.2) is 4.68 Å². The van der Waals surface area contributed by atoms with Crippen molar-refractivity contribution in [2.24, 2.45) is 0 Å². The van der Waals surface area contributed by atoms with Crippen molar-refractivity contribution in [1.82, 2.24) is 15.0 Å². The van der Waals surface area contributed by atoms with Gasteiger partial charge in [0.05, 0.1) is 12.2 Å². The van der Waals surface area contributed by atoms with Crippen LogP contribution in [0.4, 0.5) is 0 Å². The normalized spacial score (nSPS) is 11.1. The summed E-state index contributed by atoms with van der Waals surface area (Å²) in [5.41, 5.74) is 2.40. The Morgan fingerprint density at radius 2 is 1.36 bits per heavy atom. The van der Waals surface area contributed by atoms with Crippen LogP contribution in [0.1, 0.15) is 88.8 Å². The fourth-order valence-corrected chi connectivity index (χ4v) is 3.27. The summed E-state index contributed by atoms with van der Waals surface area (Å²) >= 11 is 0. The third kappa shape index (κ3) is 8.85. The lowest BCUT2D eigenvalue weighted by Gasteiger charge is -2.02. The summed E-state index contributed by atoms with van der Waals surface area (Å²) in [5.74, 6) is 0. The molecule has 0 aliphatic rings. The molecular formula is C22H35N3. The van der Waals surface area contributed by atoms with Crippen molar-refractivity contribution in [3.05, 3.63) is 47.8 Å². The average molecular weight is 342 g/mol. The zero-order chi connectivity index (χ0) is 17.6. The molecule has 3 heteroatoms. The molecule has 0 aliphatic heterocycles. The smallest absolute Gasteiger partial charge is 0.0827 e. The van der Waals surface area contributed by atoms with Crippen LogP contribution in [0.5, 0.6) is 0 Å². The van der Waals surface area contributed by atoms with E-state index in [-0.39, 0.29) is 0 Å². The Bertz CT molecular complexity index is 547. The van der Waals surface area contributed by atoms with Crippen molar-refractivity contribution in [2.45, 2.75) is 90.5 Å². The zero-order valence-corrected chi connectivity index (χ0v) is 16.0. The topological polar surface area (TPSA) is 30.7 Å². The van der Waals surface area contributed by atoms with Crippen molar-refractivity contribution in [1.29, 1.82) is 0 Å². The van der Waals surface area contributed by atoms with E-state index in [1.54, 1.807) is 0 Å². The Kier molecular flexibility index (Phi) is 9.99. The molecule has 25 heavy (non-hydrogen) atoms. The molecule has 138 valence electrons. The van der Waals surface area contributed by atoms with Gasteiger partial charge in [-0.2, -0.15) is 0 Å². The molecule has 2 rings (SSSR count). The van der Waals surface area contributed by atoms with E-state index in [0.29, 0.717) is 0 Å². The van der Waals surface area contributed by atoms with Crippen molar-refractivity contribution in [3.63, 3.8) is 0 Å². The molecule has 0 bridgehead atoms. The highest BCUT2D eigenvalue weighted by Gasteiger charge is 2.02. The number of aromatic nitrogens is 3.